The maximum Gasteiger partial charge on any atom is 0.350 e. The van der Waals surface area contributed by atoms with Gasteiger partial charge in [0, 0.05) is 17.6 Å². The third kappa shape index (κ3) is 4.20. The average Bonchev–Trinajstić information content (AvgIpc) is 2.84. The van der Waals surface area contributed by atoms with Crippen molar-refractivity contribution in [3.05, 3.63) is 30.3 Å². The lowest BCUT2D eigenvalue weighted by atomic mass is 9.86. The summed E-state index contributed by atoms with van der Waals surface area (Å²) in [6.07, 6.45) is 5.73. The summed E-state index contributed by atoms with van der Waals surface area (Å²) in [5.41, 5.74) is 4.09. The smallest absolute Gasteiger partial charge is 0.275 e. The van der Waals surface area contributed by atoms with Crippen molar-refractivity contribution in [2.24, 2.45) is 5.92 Å². The Kier molecular flexibility index (Phi) is 5.53. The third-order valence-electron chi connectivity index (χ3n) is 4.23. The summed E-state index contributed by atoms with van der Waals surface area (Å²) in [5, 5.41) is 0. The van der Waals surface area contributed by atoms with Crippen LogP contribution < -0.4 is 10.3 Å². The van der Waals surface area contributed by atoms with Crippen LogP contribution in [-0.2, 0) is 0 Å². The molecule has 1 aromatic carbocycles. The third-order valence-corrected chi connectivity index (χ3v) is 5.51. The molecule has 1 N–H and O–H groups in total. The fraction of sp³-hybridized carbons (Fsp3) is 0.533. The van der Waals surface area contributed by atoms with E-state index in [1.165, 1.54) is 23.7 Å². The second kappa shape index (κ2) is 7.28. The Bertz CT molecular complexity index is 549. The Morgan fingerprint density at radius 2 is 1.74 bits per heavy atom. The Balaban J connectivity index is 1.86. The van der Waals surface area contributed by atoms with Gasteiger partial charge in [-0.25, -0.2) is 4.79 Å². The summed E-state index contributed by atoms with van der Waals surface area (Å²) < 4.78 is -0.244. The van der Waals surface area contributed by atoms with E-state index < -0.39 is 3.12 Å². The van der Waals surface area contributed by atoms with Gasteiger partial charge >= 0.3 is 6.03 Å². The molecule has 126 valence electrons. The maximum atomic E-state index is 12.8. The molecule has 1 saturated carbocycles. The zero-order chi connectivity index (χ0) is 16.4. The molecule has 1 atom stereocenters. The van der Waals surface area contributed by atoms with E-state index in [1.807, 2.05) is 30.3 Å². The number of para-hydroxylation sites is 1. The maximum absolute atomic E-state index is 12.8. The molecule has 2 amide bonds. The SMILES string of the molecule is O=C1N(SC(Cl)(Cl)Cl)NC(C2CCCCC2)N1c1ccccc1. The summed E-state index contributed by atoms with van der Waals surface area (Å²) in [6, 6.07) is 9.43. The minimum absolute atomic E-state index is 0.106. The standard InChI is InChI=1S/C15H18Cl3N3OS/c16-15(17,18)23-21-14(22)20(12-9-5-2-6-10-12)13(19-21)11-7-3-1-4-8-11/h2,5-6,9-11,13,19H,1,3-4,7-8H2. The number of hydrogen-bond donors (Lipinski definition) is 1. The number of nitrogens with one attached hydrogen (secondary N) is 1. The van der Waals surface area contributed by atoms with Crippen molar-refractivity contribution in [3.8, 4) is 0 Å². The van der Waals surface area contributed by atoms with E-state index in [9.17, 15) is 4.79 Å². The largest absolute Gasteiger partial charge is 0.350 e. The summed E-state index contributed by atoms with van der Waals surface area (Å²) in [4.78, 5) is 14.6. The number of alkyl halides is 3. The molecule has 4 nitrogen and oxygen atoms in total. The molecule has 1 aliphatic carbocycles. The molecule has 1 saturated heterocycles. The molecule has 0 aromatic heterocycles. The number of anilines is 1. The molecule has 0 radical (unpaired) electrons. The predicted molar refractivity (Wildman–Crippen MR) is 97.5 cm³/mol. The normalized spacial score (nSPS) is 23.6. The fourth-order valence-corrected chi connectivity index (χ4v) is 4.40. The molecule has 1 aromatic rings. The number of nitrogens with zero attached hydrogens (tertiary/aromatic N) is 2. The van der Waals surface area contributed by atoms with Gasteiger partial charge in [0.15, 0.2) is 0 Å². The van der Waals surface area contributed by atoms with Crippen LogP contribution in [0.3, 0.4) is 0 Å². The molecular weight excluding hydrogens is 377 g/mol. The van der Waals surface area contributed by atoms with Crippen molar-refractivity contribution in [3.63, 3.8) is 0 Å². The number of rotatable bonds is 3. The number of carbonyl (C=O) groups excluding carboxylic acids is 1. The molecule has 1 heterocycles. The summed E-state index contributed by atoms with van der Waals surface area (Å²) >= 11 is 18.4. The van der Waals surface area contributed by atoms with Gasteiger partial charge in [0.1, 0.15) is 6.17 Å². The topological polar surface area (TPSA) is 35.6 Å². The van der Waals surface area contributed by atoms with Crippen molar-refractivity contribution in [1.29, 1.82) is 0 Å². The van der Waals surface area contributed by atoms with E-state index in [-0.39, 0.29) is 12.2 Å². The predicted octanol–water partition coefficient (Wildman–Crippen LogP) is 5.32. The molecule has 8 heteroatoms. The van der Waals surface area contributed by atoms with Gasteiger partial charge in [-0.1, -0.05) is 72.3 Å². The van der Waals surface area contributed by atoms with Crippen molar-refractivity contribution in [2.75, 3.05) is 4.90 Å². The molecule has 2 aliphatic rings. The number of carbonyl (C=O) groups is 1. The van der Waals surface area contributed by atoms with Crippen LogP contribution in [0.4, 0.5) is 10.5 Å². The fourth-order valence-electron chi connectivity index (χ4n) is 3.24. The van der Waals surface area contributed by atoms with Crippen LogP contribution in [-0.4, -0.2) is 19.7 Å². The lowest BCUT2D eigenvalue weighted by molar-refractivity contribution is 0.234. The first-order valence-electron chi connectivity index (χ1n) is 7.66. The highest BCUT2D eigenvalue weighted by Gasteiger charge is 2.45. The van der Waals surface area contributed by atoms with Crippen molar-refractivity contribution in [2.45, 2.75) is 41.4 Å². The second-order valence-electron chi connectivity index (χ2n) is 5.79. The number of hydrogen-bond acceptors (Lipinski definition) is 3. The van der Waals surface area contributed by atoms with E-state index in [1.54, 1.807) is 4.90 Å². The molecular formula is C15H18Cl3N3OS. The second-order valence-corrected chi connectivity index (χ2v) is 9.91. The van der Waals surface area contributed by atoms with Crippen LogP contribution in [0.1, 0.15) is 32.1 Å². The zero-order valence-corrected chi connectivity index (χ0v) is 15.5. The van der Waals surface area contributed by atoms with Gasteiger partial charge in [0.2, 0.25) is 0 Å². The van der Waals surface area contributed by atoms with E-state index in [0.717, 1.165) is 30.5 Å². The van der Waals surface area contributed by atoms with Gasteiger partial charge in [0.25, 0.3) is 3.12 Å². The lowest BCUT2D eigenvalue weighted by Crippen LogP contribution is -2.44. The molecule has 23 heavy (non-hydrogen) atoms. The van der Waals surface area contributed by atoms with Gasteiger partial charge in [-0.15, -0.1) is 0 Å². The van der Waals surface area contributed by atoms with E-state index in [4.69, 9.17) is 34.8 Å². The first kappa shape index (κ1) is 17.5. The van der Waals surface area contributed by atoms with Crippen LogP contribution in [0.2, 0.25) is 0 Å². The number of amides is 2. The number of hydrazine groups is 1. The highest BCUT2D eigenvalue weighted by atomic mass is 35.6. The van der Waals surface area contributed by atoms with Crippen LogP contribution in [0.15, 0.2) is 30.3 Å². The highest BCUT2D eigenvalue weighted by molar-refractivity contribution is 8.03. The summed E-state index contributed by atoms with van der Waals surface area (Å²) in [7, 11) is 0. The van der Waals surface area contributed by atoms with E-state index in [0.29, 0.717) is 5.92 Å². The van der Waals surface area contributed by atoms with Gasteiger partial charge < -0.3 is 0 Å². The van der Waals surface area contributed by atoms with Crippen molar-refractivity contribution >= 4 is 58.5 Å². The Hall–Kier alpha value is -0.330. The lowest BCUT2D eigenvalue weighted by Gasteiger charge is -2.32. The van der Waals surface area contributed by atoms with Gasteiger partial charge in [-0.3, -0.25) is 4.90 Å². The minimum Gasteiger partial charge on any atom is -0.275 e. The first-order valence-corrected chi connectivity index (χ1v) is 9.57. The van der Waals surface area contributed by atoms with Gasteiger partial charge in [-0.05, 0) is 30.9 Å². The molecule has 1 aliphatic heterocycles. The molecule has 0 spiro atoms. The highest BCUT2D eigenvalue weighted by Crippen LogP contribution is 2.43. The van der Waals surface area contributed by atoms with Crippen LogP contribution in [0.5, 0.6) is 0 Å². The number of halogens is 3. The minimum atomic E-state index is -1.59. The number of benzene rings is 1. The van der Waals surface area contributed by atoms with Crippen LogP contribution in [0.25, 0.3) is 0 Å². The van der Waals surface area contributed by atoms with E-state index in [2.05, 4.69) is 5.43 Å². The molecule has 1 unspecified atom stereocenters. The van der Waals surface area contributed by atoms with Crippen molar-refractivity contribution in [1.82, 2.24) is 9.84 Å². The Morgan fingerprint density at radius 3 is 2.35 bits per heavy atom. The monoisotopic (exact) mass is 393 g/mol. The average molecular weight is 395 g/mol. The van der Waals surface area contributed by atoms with E-state index >= 15 is 0 Å². The summed E-state index contributed by atoms with van der Waals surface area (Å²) in [5.74, 6) is 0.397. The van der Waals surface area contributed by atoms with Crippen LogP contribution >= 0.6 is 46.8 Å². The number of urea groups is 1. The molecule has 0 bridgehead atoms. The first-order chi connectivity index (χ1) is 11.0. The molecule has 2 fully saturated rings. The quantitative estimate of drug-likeness (QED) is 0.557. The van der Waals surface area contributed by atoms with Gasteiger partial charge in [-0.2, -0.15) is 9.84 Å². The zero-order valence-electron chi connectivity index (χ0n) is 12.4. The van der Waals surface area contributed by atoms with Gasteiger partial charge in [0.05, 0.1) is 0 Å². The Morgan fingerprint density at radius 1 is 1.09 bits per heavy atom. The Labute approximate surface area is 155 Å². The molecule has 3 rings (SSSR count). The summed E-state index contributed by atoms with van der Waals surface area (Å²) in [6.45, 7) is 0. The van der Waals surface area contributed by atoms with Crippen molar-refractivity contribution < 1.29 is 4.79 Å². The van der Waals surface area contributed by atoms with Crippen LogP contribution in [0, 0.1) is 5.92 Å².